The molecule has 1 saturated heterocycles. The van der Waals surface area contributed by atoms with E-state index in [2.05, 4.69) is 82.9 Å². The molecule has 0 aliphatic carbocycles. The Balaban J connectivity index is 0.00000300. The molecule has 0 bridgehead atoms. The molecule has 5 nitrogen and oxygen atoms in total. The highest BCUT2D eigenvalue weighted by Crippen LogP contribution is 2.21. The van der Waals surface area contributed by atoms with Crippen LogP contribution in [0.3, 0.4) is 0 Å². The molecule has 1 fully saturated rings. The Morgan fingerprint density at radius 3 is 2.14 bits per heavy atom. The van der Waals surface area contributed by atoms with E-state index in [0.717, 1.165) is 45.4 Å². The molecule has 2 N–H and O–H groups in total. The van der Waals surface area contributed by atoms with Crippen LogP contribution in [0.4, 0.5) is 0 Å². The predicted molar refractivity (Wildman–Crippen MR) is 131 cm³/mol. The summed E-state index contributed by atoms with van der Waals surface area (Å²) < 4.78 is 5.55. The first-order valence-corrected chi connectivity index (χ1v) is 10.0. The highest BCUT2D eigenvalue weighted by molar-refractivity contribution is 14.0. The van der Waals surface area contributed by atoms with Crippen LogP contribution < -0.4 is 10.6 Å². The Hall–Kier alpha value is -1.64. The molecule has 0 aromatic heterocycles. The quantitative estimate of drug-likeness (QED) is 0.356. The smallest absolute Gasteiger partial charge is 0.191 e. The Kier molecular flexibility index (Phi) is 9.90. The number of hydrogen-bond acceptors (Lipinski definition) is 3. The Morgan fingerprint density at radius 1 is 0.966 bits per heavy atom. The number of nitrogens with zero attached hydrogens (tertiary/aromatic N) is 2. The van der Waals surface area contributed by atoms with Crippen molar-refractivity contribution < 1.29 is 4.74 Å². The molecule has 2 aromatic carbocycles. The van der Waals surface area contributed by atoms with Gasteiger partial charge in [-0.05, 0) is 25.0 Å². The molecule has 158 valence electrons. The van der Waals surface area contributed by atoms with E-state index in [1.807, 2.05) is 7.05 Å². The summed E-state index contributed by atoms with van der Waals surface area (Å²) in [5, 5.41) is 6.94. The minimum atomic E-state index is 0. The van der Waals surface area contributed by atoms with Crippen molar-refractivity contribution in [1.29, 1.82) is 0 Å². The summed E-state index contributed by atoms with van der Waals surface area (Å²) in [6.45, 7) is 9.29. The number of nitrogens with one attached hydrogen (secondary N) is 2. The molecule has 3 rings (SSSR count). The van der Waals surface area contributed by atoms with Crippen LogP contribution >= 0.6 is 24.0 Å². The summed E-state index contributed by atoms with van der Waals surface area (Å²) in [7, 11) is 1.82. The van der Waals surface area contributed by atoms with Gasteiger partial charge in [-0.3, -0.25) is 9.89 Å². The largest absolute Gasteiger partial charge is 0.379 e. The van der Waals surface area contributed by atoms with Gasteiger partial charge in [0, 0.05) is 33.2 Å². The summed E-state index contributed by atoms with van der Waals surface area (Å²) in [4.78, 5) is 6.89. The van der Waals surface area contributed by atoms with E-state index in [1.165, 1.54) is 22.3 Å². The maximum Gasteiger partial charge on any atom is 0.191 e. The monoisotopic (exact) mass is 508 g/mol. The molecule has 1 unspecified atom stereocenters. The number of rotatable bonds is 6. The number of ether oxygens (including phenoxy) is 1. The highest BCUT2D eigenvalue weighted by atomic mass is 127. The van der Waals surface area contributed by atoms with E-state index in [4.69, 9.17) is 4.74 Å². The molecule has 1 heterocycles. The third-order valence-corrected chi connectivity index (χ3v) is 5.22. The summed E-state index contributed by atoms with van der Waals surface area (Å²) in [5.74, 6) is 0.825. The van der Waals surface area contributed by atoms with Crippen LogP contribution in [0.1, 0.15) is 28.3 Å². The lowest BCUT2D eigenvalue weighted by Gasteiger charge is -2.35. The summed E-state index contributed by atoms with van der Waals surface area (Å²) in [6, 6.07) is 17.7. The average Bonchev–Trinajstić information content (AvgIpc) is 2.73. The van der Waals surface area contributed by atoms with E-state index in [9.17, 15) is 0 Å². The lowest BCUT2D eigenvalue weighted by molar-refractivity contribution is 0.0170. The zero-order valence-electron chi connectivity index (χ0n) is 17.6. The standard InChI is InChI=1S/C23H32N4O.HI/c1-18-4-8-20(9-5-18)16-25-23(24-3)26-17-22(27-12-14-28-15-13-27)21-10-6-19(2)7-11-21;/h4-11,22H,12-17H2,1-3H3,(H2,24,25,26);1H. The van der Waals surface area contributed by atoms with Crippen molar-refractivity contribution in [3.8, 4) is 0 Å². The number of aliphatic imine (C=N–C) groups is 1. The van der Waals surface area contributed by atoms with Crippen LogP contribution in [0.25, 0.3) is 0 Å². The van der Waals surface area contributed by atoms with Crippen molar-refractivity contribution in [1.82, 2.24) is 15.5 Å². The average molecular weight is 508 g/mol. The van der Waals surface area contributed by atoms with Crippen LogP contribution in [0.5, 0.6) is 0 Å². The van der Waals surface area contributed by atoms with Gasteiger partial charge in [-0.15, -0.1) is 24.0 Å². The summed E-state index contributed by atoms with van der Waals surface area (Å²) >= 11 is 0. The van der Waals surface area contributed by atoms with Crippen LogP contribution in [0, 0.1) is 13.8 Å². The van der Waals surface area contributed by atoms with Crippen LogP contribution in [0.2, 0.25) is 0 Å². The van der Waals surface area contributed by atoms with Gasteiger partial charge in [0.2, 0.25) is 0 Å². The van der Waals surface area contributed by atoms with Crippen molar-refractivity contribution in [2.24, 2.45) is 4.99 Å². The van der Waals surface area contributed by atoms with Crippen LogP contribution in [-0.2, 0) is 11.3 Å². The zero-order valence-corrected chi connectivity index (χ0v) is 20.0. The van der Waals surface area contributed by atoms with Crippen molar-refractivity contribution in [2.75, 3.05) is 39.9 Å². The summed E-state index contributed by atoms with van der Waals surface area (Å²) in [6.07, 6.45) is 0. The van der Waals surface area contributed by atoms with E-state index in [-0.39, 0.29) is 24.0 Å². The van der Waals surface area contributed by atoms with Crippen molar-refractivity contribution in [2.45, 2.75) is 26.4 Å². The van der Waals surface area contributed by atoms with E-state index in [0.29, 0.717) is 6.04 Å². The van der Waals surface area contributed by atoms with Gasteiger partial charge in [-0.2, -0.15) is 0 Å². The molecule has 1 aliphatic rings. The Bertz CT molecular complexity index is 755. The molecule has 0 amide bonds. The molecule has 0 radical (unpaired) electrons. The van der Waals surface area contributed by atoms with Gasteiger partial charge in [0.1, 0.15) is 0 Å². The van der Waals surface area contributed by atoms with Crippen molar-refractivity contribution in [3.05, 3.63) is 70.8 Å². The molecular formula is C23H33IN4O. The predicted octanol–water partition coefficient (Wildman–Crippen LogP) is 3.66. The first-order valence-electron chi connectivity index (χ1n) is 10.0. The van der Waals surface area contributed by atoms with Gasteiger partial charge >= 0.3 is 0 Å². The minimum Gasteiger partial charge on any atom is -0.379 e. The maximum atomic E-state index is 5.55. The van der Waals surface area contributed by atoms with Gasteiger partial charge in [0.05, 0.1) is 19.3 Å². The molecule has 29 heavy (non-hydrogen) atoms. The SMILES string of the molecule is CN=C(NCc1ccc(C)cc1)NCC(c1ccc(C)cc1)N1CCOCC1.I. The van der Waals surface area contributed by atoms with Gasteiger partial charge in [0.25, 0.3) is 0 Å². The molecular weight excluding hydrogens is 475 g/mol. The van der Waals surface area contributed by atoms with Gasteiger partial charge in [-0.1, -0.05) is 59.7 Å². The fraction of sp³-hybridized carbons (Fsp3) is 0.435. The fourth-order valence-corrected chi connectivity index (χ4v) is 3.44. The topological polar surface area (TPSA) is 48.9 Å². The number of guanidine groups is 1. The van der Waals surface area contributed by atoms with E-state index >= 15 is 0 Å². The molecule has 1 atom stereocenters. The van der Waals surface area contributed by atoms with Crippen molar-refractivity contribution in [3.63, 3.8) is 0 Å². The third-order valence-electron chi connectivity index (χ3n) is 5.22. The summed E-state index contributed by atoms with van der Waals surface area (Å²) in [5.41, 5.74) is 5.14. The third kappa shape index (κ3) is 7.28. The zero-order chi connectivity index (χ0) is 19.8. The molecule has 0 saturated carbocycles. The number of benzene rings is 2. The molecule has 2 aromatic rings. The van der Waals surface area contributed by atoms with E-state index < -0.39 is 0 Å². The number of morpholine rings is 1. The number of halogens is 1. The second-order valence-corrected chi connectivity index (χ2v) is 7.37. The van der Waals surface area contributed by atoms with Gasteiger partial charge in [-0.25, -0.2) is 0 Å². The van der Waals surface area contributed by atoms with Crippen molar-refractivity contribution >= 4 is 29.9 Å². The van der Waals surface area contributed by atoms with Crippen LogP contribution in [0.15, 0.2) is 53.5 Å². The molecule has 0 spiro atoms. The van der Waals surface area contributed by atoms with Gasteiger partial charge in [0.15, 0.2) is 5.96 Å². The van der Waals surface area contributed by atoms with Crippen LogP contribution in [-0.4, -0.2) is 50.8 Å². The maximum absolute atomic E-state index is 5.55. The molecule has 6 heteroatoms. The van der Waals surface area contributed by atoms with E-state index in [1.54, 1.807) is 0 Å². The number of hydrogen-bond donors (Lipinski definition) is 2. The highest BCUT2D eigenvalue weighted by Gasteiger charge is 2.22. The Morgan fingerprint density at radius 2 is 1.55 bits per heavy atom. The Labute approximate surface area is 192 Å². The molecule has 1 aliphatic heterocycles. The van der Waals surface area contributed by atoms with Gasteiger partial charge < -0.3 is 15.4 Å². The second kappa shape index (κ2) is 12.1. The first-order chi connectivity index (χ1) is 13.7. The first kappa shape index (κ1) is 23.6. The lowest BCUT2D eigenvalue weighted by atomic mass is 10.0. The minimum absolute atomic E-state index is 0. The fourth-order valence-electron chi connectivity index (χ4n) is 3.44. The normalized spacial score (nSPS) is 16.0. The lowest BCUT2D eigenvalue weighted by Crippen LogP contribution is -2.46. The second-order valence-electron chi connectivity index (χ2n) is 7.37. The number of aryl methyl sites for hydroxylation is 2.